The van der Waals surface area contributed by atoms with Crippen LogP contribution in [0.2, 0.25) is 0 Å². The molecular formula is C14H32Cl6N4. The molecule has 4 nitrogen and oxygen atoms in total. The topological polar surface area (TPSA) is 13.0 Å². The number of rotatable bonds is 7. The summed E-state index contributed by atoms with van der Waals surface area (Å²) in [4.78, 5) is 10.1. The lowest BCUT2D eigenvalue weighted by Gasteiger charge is -2.38. The van der Waals surface area contributed by atoms with Crippen LogP contribution in [0.1, 0.15) is 0 Å². The van der Waals surface area contributed by atoms with Crippen molar-refractivity contribution in [1.82, 2.24) is 19.6 Å². The first kappa shape index (κ1) is 30.3. The molecule has 0 radical (unpaired) electrons. The molecule has 2 saturated heterocycles. The summed E-state index contributed by atoms with van der Waals surface area (Å²) < 4.78 is 0. The molecule has 10 heteroatoms. The summed E-state index contributed by atoms with van der Waals surface area (Å²) in [6, 6.07) is 0. The maximum Gasteiger partial charge on any atom is 0.0351 e. The van der Waals surface area contributed by atoms with Crippen molar-refractivity contribution in [1.29, 1.82) is 0 Å². The Bertz CT molecular complexity index is 236. The molecule has 2 heterocycles. The van der Waals surface area contributed by atoms with Crippen LogP contribution in [0.5, 0.6) is 0 Å². The van der Waals surface area contributed by atoms with Gasteiger partial charge in [0.1, 0.15) is 0 Å². The van der Waals surface area contributed by atoms with Crippen LogP contribution in [0.15, 0.2) is 0 Å². The van der Waals surface area contributed by atoms with Gasteiger partial charge in [0, 0.05) is 90.3 Å². The molecule has 2 aliphatic rings. The monoisotopic (exact) mass is 466 g/mol. The van der Waals surface area contributed by atoms with E-state index in [0.717, 1.165) is 24.8 Å². The predicted molar refractivity (Wildman–Crippen MR) is 116 cm³/mol. The average molecular weight is 469 g/mol. The van der Waals surface area contributed by atoms with Gasteiger partial charge < -0.3 is 0 Å². The van der Waals surface area contributed by atoms with Gasteiger partial charge in [0.2, 0.25) is 0 Å². The summed E-state index contributed by atoms with van der Waals surface area (Å²) in [5, 5.41) is 0. The number of hydrogen-bond acceptors (Lipinski definition) is 4. The second kappa shape index (κ2) is 18.0. The summed E-state index contributed by atoms with van der Waals surface area (Å²) in [6.45, 7) is 14.0. The molecule has 0 aliphatic carbocycles. The first-order valence-electron chi connectivity index (χ1n) is 7.83. The highest BCUT2D eigenvalue weighted by molar-refractivity contribution is 6.18. The molecule has 0 atom stereocenters. The van der Waals surface area contributed by atoms with E-state index in [1.54, 1.807) is 0 Å². The van der Waals surface area contributed by atoms with Crippen molar-refractivity contribution in [2.45, 2.75) is 0 Å². The molecule has 2 rings (SSSR count). The molecule has 0 aromatic rings. The highest BCUT2D eigenvalue weighted by atomic mass is 35.5. The Morgan fingerprint density at radius 1 is 0.417 bits per heavy atom. The fraction of sp³-hybridized carbons (Fsp3) is 1.00. The largest absolute Gasteiger partial charge is 0.300 e. The average Bonchev–Trinajstić information content (AvgIpc) is 2.49. The molecule has 0 N–H and O–H groups in total. The molecule has 0 aromatic heterocycles. The number of alkyl halides is 2. The van der Waals surface area contributed by atoms with Crippen LogP contribution < -0.4 is 0 Å². The number of hydrogen-bond donors (Lipinski definition) is 0. The van der Waals surface area contributed by atoms with Gasteiger partial charge >= 0.3 is 0 Å². The van der Waals surface area contributed by atoms with E-state index < -0.39 is 0 Å². The van der Waals surface area contributed by atoms with Crippen LogP contribution in [0.3, 0.4) is 0 Å². The minimum absolute atomic E-state index is 0. The molecule has 2 aliphatic heterocycles. The highest BCUT2D eigenvalue weighted by Gasteiger charge is 2.19. The first-order chi connectivity index (χ1) is 9.81. The van der Waals surface area contributed by atoms with Crippen molar-refractivity contribution in [2.75, 3.05) is 90.3 Å². The predicted octanol–water partition coefficient (Wildman–Crippen LogP) is 2.39. The Hall–Kier alpha value is 1.58. The molecule has 0 bridgehead atoms. The summed E-state index contributed by atoms with van der Waals surface area (Å²) in [5.41, 5.74) is 0. The number of nitrogens with zero attached hydrogens (tertiary/aromatic N) is 4. The molecule has 0 amide bonds. The van der Waals surface area contributed by atoms with E-state index in [1.807, 2.05) is 0 Å². The second-order valence-electron chi connectivity index (χ2n) is 5.74. The van der Waals surface area contributed by atoms with Crippen molar-refractivity contribution < 1.29 is 0 Å². The van der Waals surface area contributed by atoms with Gasteiger partial charge in [0.05, 0.1) is 0 Å². The second-order valence-corrected chi connectivity index (χ2v) is 6.50. The van der Waals surface area contributed by atoms with Crippen LogP contribution in [0.25, 0.3) is 0 Å². The summed E-state index contributed by atoms with van der Waals surface area (Å²) >= 11 is 11.6. The summed E-state index contributed by atoms with van der Waals surface area (Å²) in [7, 11) is 0. The van der Waals surface area contributed by atoms with E-state index in [2.05, 4.69) is 19.6 Å². The lowest BCUT2D eigenvalue weighted by atomic mass is 10.3. The van der Waals surface area contributed by atoms with Crippen LogP contribution in [0, 0.1) is 0 Å². The Morgan fingerprint density at radius 3 is 0.833 bits per heavy atom. The summed E-state index contributed by atoms with van der Waals surface area (Å²) in [6.07, 6.45) is 0. The minimum atomic E-state index is 0. The molecule has 24 heavy (non-hydrogen) atoms. The van der Waals surface area contributed by atoms with Gasteiger partial charge in [0.15, 0.2) is 0 Å². The van der Waals surface area contributed by atoms with Gasteiger partial charge in [-0.1, -0.05) is 0 Å². The molecule has 0 unspecified atom stereocenters. The number of piperazine rings is 2. The Labute approximate surface area is 182 Å². The molecule has 0 saturated carbocycles. The first-order valence-corrected chi connectivity index (χ1v) is 8.90. The van der Waals surface area contributed by atoms with Crippen LogP contribution >= 0.6 is 72.8 Å². The quantitative estimate of drug-likeness (QED) is 0.532. The molecular weight excluding hydrogens is 437 g/mol. The Balaban J connectivity index is -0.00000110. The lowest BCUT2D eigenvalue weighted by molar-refractivity contribution is 0.0986. The van der Waals surface area contributed by atoms with Crippen molar-refractivity contribution in [3.05, 3.63) is 0 Å². The van der Waals surface area contributed by atoms with Gasteiger partial charge in [-0.3, -0.25) is 19.6 Å². The van der Waals surface area contributed by atoms with E-state index in [4.69, 9.17) is 23.2 Å². The van der Waals surface area contributed by atoms with Gasteiger partial charge in [-0.25, -0.2) is 0 Å². The van der Waals surface area contributed by atoms with Gasteiger partial charge in [-0.15, -0.1) is 72.8 Å². The third-order valence-electron chi connectivity index (χ3n) is 4.46. The smallest absolute Gasteiger partial charge is 0.0351 e. The van der Waals surface area contributed by atoms with Crippen molar-refractivity contribution in [2.24, 2.45) is 0 Å². The highest BCUT2D eigenvalue weighted by Crippen LogP contribution is 2.05. The SMILES string of the molecule is Cl.Cl.Cl.Cl.ClCCN1CCN(CCN2CCN(CCCl)CC2)CC1. The van der Waals surface area contributed by atoms with E-state index in [0.29, 0.717) is 0 Å². The zero-order valence-corrected chi connectivity index (χ0v) is 18.9. The maximum atomic E-state index is 5.79. The third-order valence-corrected chi connectivity index (χ3v) is 4.80. The fourth-order valence-corrected chi connectivity index (χ4v) is 3.47. The van der Waals surface area contributed by atoms with Crippen LogP contribution in [-0.2, 0) is 0 Å². The third kappa shape index (κ3) is 11.3. The summed E-state index contributed by atoms with van der Waals surface area (Å²) in [5.74, 6) is 1.51. The van der Waals surface area contributed by atoms with Gasteiger partial charge in [-0.05, 0) is 0 Å². The standard InChI is InChI=1S/C14H28Cl2N4.4ClH/c15-1-3-17-5-9-19(10-6-17)13-14-20-11-7-18(4-2-16)8-12-20;;;;/h1-14H2;4*1H. The Morgan fingerprint density at radius 2 is 0.625 bits per heavy atom. The van der Waals surface area contributed by atoms with E-state index >= 15 is 0 Å². The zero-order chi connectivity index (χ0) is 14.2. The fourth-order valence-electron chi connectivity index (χ4n) is 2.99. The normalized spacial score (nSPS) is 20.2. The van der Waals surface area contributed by atoms with Crippen molar-refractivity contribution in [3.8, 4) is 0 Å². The Kier molecular flexibility index (Phi) is 22.7. The number of halogens is 6. The minimum Gasteiger partial charge on any atom is -0.300 e. The van der Waals surface area contributed by atoms with Gasteiger partial charge in [-0.2, -0.15) is 0 Å². The van der Waals surface area contributed by atoms with Crippen LogP contribution in [0.4, 0.5) is 0 Å². The van der Waals surface area contributed by atoms with Crippen molar-refractivity contribution >= 4 is 72.8 Å². The molecule has 150 valence electrons. The van der Waals surface area contributed by atoms with E-state index in [-0.39, 0.29) is 49.6 Å². The molecule has 0 spiro atoms. The molecule has 2 fully saturated rings. The van der Waals surface area contributed by atoms with E-state index in [9.17, 15) is 0 Å². The molecule has 0 aromatic carbocycles. The van der Waals surface area contributed by atoms with E-state index in [1.165, 1.54) is 65.4 Å². The zero-order valence-electron chi connectivity index (χ0n) is 14.1. The maximum absolute atomic E-state index is 5.79. The lowest BCUT2D eigenvalue weighted by Crippen LogP contribution is -2.51. The van der Waals surface area contributed by atoms with Gasteiger partial charge in [0.25, 0.3) is 0 Å². The van der Waals surface area contributed by atoms with Crippen molar-refractivity contribution in [3.63, 3.8) is 0 Å². The van der Waals surface area contributed by atoms with Crippen LogP contribution in [-0.4, -0.2) is 110 Å².